The molecule has 0 bridgehead atoms. The number of non-ortho nitro benzene ring substituents is 1. The lowest BCUT2D eigenvalue weighted by Crippen LogP contribution is -2.17. The van der Waals surface area contributed by atoms with Crippen molar-refractivity contribution in [2.24, 2.45) is 5.10 Å². The summed E-state index contributed by atoms with van der Waals surface area (Å²) in [6.45, 7) is 0. The molecule has 0 atom stereocenters. The average molecular weight is 413 g/mol. The fourth-order valence-corrected chi connectivity index (χ4v) is 2.94. The van der Waals surface area contributed by atoms with Gasteiger partial charge in [-0.2, -0.15) is 5.10 Å². The monoisotopic (exact) mass is 413 g/mol. The molecule has 152 valence electrons. The molecule has 1 aromatic heterocycles. The zero-order valence-electron chi connectivity index (χ0n) is 16.0. The van der Waals surface area contributed by atoms with E-state index in [1.54, 1.807) is 48.5 Å². The zero-order valence-corrected chi connectivity index (χ0v) is 16.0. The number of nitrogens with one attached hydrogen (secondary N) is 1. The molecule has 1 amide bonds. The van der Waals surface area contributed by atoms with E-state index in [-0.39, 0.29) is 11.1 Å². The van der Waals surface area contributed by atoms with Crippen LogP contribution in [0.2, 0.25) is 0 Å². The highest BCUT2D eigenvalue weighted by molar-refractivity contribution is 5.95. The van der Waals surface area contributed by atoms with Crippen LogP contribution < -0.4 is 10.9 Å². The SMILES string of the molecule is O=C(N/N=C/c1ccc([N+](=O)[O-])cc1)c1ccc(-c2cc(=O)c3ccccc3o2)cc1. The number of hydrogen-bond acceptors (Lipinski definition) is 6. The molecule has 0 radical (unpaired) electrons. The first-order valence-corrected chi connectivity index (χ1v) is 9.22. The minimum atomic E-state index is -0.491. The molecule has 1 N–H and O–H groups in total. The summed E-state index contributed by atoms with van der Waals surface area (Å²) >= 11 is 0. The van der Waals surface area contributed by atoms with Crippen LogP contribution in [0.3, 0.4) is 0 Å². The Bertz CT molecular complexity index is 1360. The third kappa shape index (κ3) is 4.38. The van der Waals surface area contributed by atoms with Crippen LogP contribution in [0.1, 0.15) is 15.9 Å². The van der Waals surface area contributed by atoms with Crippen molar-refractivity contribution in [1.29, 1.82) is 0 Å². The molecule has 8 heteroatoms. The molecule has 0 aliphatic carbocycles. The Kier molecular flexibility index (Phi) is 5.35. The van der Waals surface area contributed by atoms with Crippen LogP contribution in [0.4, 0.5) is 5.69 Å². The number of fused-ring (bicyclic) bond motifs is 1. The number of rotatable bonds is 5. The number of benzene rings is 3. The van der Waals surface area contributed by atoms with Crippen LogP contribution in [-0.4, -0.2) is 17.0 Å². The first kappa shape index (κ1) is 19.7. The first-order valence-electron chi connectivity index (χ1n) is 9.22. The van der Waals surface area contributed by atoms with E-state index in [0.717, 1.165) is 0 Å². The lowest BCUT2D eigenvalue weighted by Gasteiger charge is -2.04. The number of carbonyl (C=O) groups is 1. The van der Waals surface area contributed by atoms with Crippen LogP contribution in [0, 0.1) is 10.1 Å². The van der Waals surface area contributed by atoms with Crippen molar-refractivity contribution < 1.29 is 14.1 Å². The van der Waals surface area contributed by atoms with Crippen molar-refractivity contribution >= 4 is 28.8 Å². The van der Waals surface area contributed by atoms with E-state index in [0.29, 0.717) is 33.4 Å². The van der Waals surface area contributed by atoms with Crippen molar-refractivity contribution in [2.75, 3.05) is 0 Å². The fraction of sp³-hybridized carbons (Fsp3) is 0. The average Bonchev–Trinajstić information content (AvgIpc) is 2.79. The number of nitro benzene ring substituents is 1. The highest BCUT2D eigenvalue weighted by Gasteiger charge is 2.09. The quantitative estimate of drug-likeness (QED) is 0.300. The minimum absolute atomic E-state index is 0.0245. The number of nitro groups is 1. The molecule has 0 spiro atoms. The summed E-state index contributed by atoms with van der Waals surface area (Å²) in [6, 6.07) is 20.7. The largest absolute Gasteiger partial charge is 0.456 e. The van der Waals surface area contributed by atoms with E-state index < -0.39 is 10.8 Å². The van der Waals surface area contributed by atoms with Crippen molar-refractivity contribution in [3.8, 4) is 11.3 Å². The summed E-state index contributed by atoms with van der Waals surface area (Å²) in [7, 11) is 0. The Labute approximate surface area is 175 Å². The van der Waals surface area contributed by atoms with Crippen molar-refractivity contribution in [1.82, 2.24) is 5.43 Å². The van der Waals surface area contributed by atoms with Gasteiger partial charge in [0, 0.05) is 29.3 Å². The lowest BCUT2D eigenvalue weighted by molar-refractivity contribution is -0.384. The zero-order chi connectivity index (χ0) is 21.8. The Morgan fingerprint density at radius 3 is 2.42 bits per heavy atom. The molecule has 0 aliphatic heterocycles. The van der Waals surface area contributed by atoms with E-state index >= 15 is 0 Å². The summed E-state index contributed by atoms with van der Waals surface area (Å²) in [5.41, 5.74) is 4.36. The molecule has 0 saturated carbocycles. The van der Waals surface area contributed by atoms with Gasteiger partial charge in [0.2, 0.25) is 0 Å². The van der Waals surface area contributed by atoms with Gasteiger partial charge < -0.3 is 4.42 Å². The van der Waals surface area contributed by atoms with Crippen LogP contribution >= 0.6 is 0 Å². The Hall–Kier alpha value is -4.59. The molecule has 0 fully saturated rings. The van der Waals surface area contributed by atoms with Crippen LogP contribution in [0.25, 0.3) is 22.3 Å². The highest BCUT2D eigenvalue weighted by Crippen LogP contribution is 2.22. The molecule has 0 unspecified atom stereocenters. The van der Waals surface area contributed by atoms with Gasteiger partial charge in [-0.1, -0.05) is 24.3 Å². The van der Waals surface area contributed by atoms with E-state index in [1.807, 2.05) is 0 Å². The molecule has 0 aliphatic rings. The van der Waals surface area contributed by atoms with Gasteiger partial charge in [-0.3, -0.25) is 19.7 Å². The number of nitrogens with zero attached hydrogens (tertiary/aromatic N) is 2. The number of hydrogen-bond donors (Lipinski definition) is 1. The second-order valence-corrected chi connectivity index (χ2v) is 6.60. The van der Waals surface area contributed by atoms with Gasteiger partial charge in [0.05, 0.1) is 16.5 Å². The maximum Gasteiger partial charge on any atom is 0.271 e. The summed E-state index contributed by atoms with van der Waals surface area (Å²) in [6.07, 6.45) is 1.39. The third-order valence-electron chi connectivity index (χ3n) is 4.55. The van der Waals surface area contributed by atoms with E-state index in [4.69, 9.17) is 4.42 Å². The molecule has 4 aromatic rings. The summed E-state index contributed by atoms with van der Waals surface area (Å²) in [5.74, 6) is -0.0171. The van der Waals surface area contributed by atoms with E-state index in [1.165, 1.54) is 36.5 Å². The molecule has 1 heterocycles. The summed E-state index contributed by atoms with van der Waals surface area (Å²) in [5, 5.41) is 15.0. The maximum atomic E-state index is 12.3. The second-order valence-electron chi connectivity index (χ2n) is 6.60. The molecule has 3 aromatic carbocycles. The number of amides is 1. The van der Waals surface area contributed by atoms with Gasteiger partial charge in [-0.05, 0) is 42.0 Å². The van der Waals surface area contributed by atoms with Crippen molar-refractivity contribution in [2.45, 2.75) is 0 Å². The smallest absolute Gasteiger partial charge is 0.271 e. The maximum absolute atomic E-state index is 12.3. The normalized spacial score (nSPS) is 11.0. The first-order chi connectivity index (χ1) is 15.0. The number of hydrazone groups is 1. The molecule has 0 saturated heterocycles. The lowest BCUT2D eigenvalue weighted by atomic mass is 10.1. The van der Waals surface area contributed by atoms with Gasteiger partial charge >= 0.3 is 0 Å². The fourth-order valence-electron chi connectivity index (χ4n) is 2.94. The molecule has 31 heavy (non-hydrogen) atoms. The summed E-state index contributed by atoms with van der Waals surface area (Å²) < 4.78 is 5.80. The Balaban J connectivity index is 1.46. The molecule has 8 nitrogen and oxygen atoms in total. The van der Waals surface area contributed by atoms with Crippen LogP contribution in [0.15, 0.2) is 93.2 Å². The minimum Gasteiger partial charge on any atom is -0.456 e. The van der Waals surface area contributed by atoms with Gasteiger partial charge in [-0.15, -0.1) is 0 Å². The number of para-hydroxylation sites is 1. The standard InChI is InChI=1S/C23H15N3O5/c27-20-13-22(31-21-4-2-1-3-19(20)21)16-7-9-17(10-8-16)23(28)25-24-14-15-5-11-18(12-6-15)26(29)30/h1-14H,(H,25,28)/b24-14+. The van der Waals surface area contributed by atoms with Crippen LogP contribution in [-0.2, 0) is 0 Å². The van der Waals surface area contributed by atoms with Crippen molar-refractivity contribution in [3.63, 3.8) is 0 Å². The summed E-state index contributed by atoms with van der Waals surface area (Å²) in [4.78, 5) is 34.7. The molecular weight excluding hydrogens is 398 g/mol. The van der Waals surface area contributed by atoms with E-state index in [9.17, 15) is 19.7 Å². The Morgan fingerprint density at radius 1 is 1.00 bits per heavy atom. The third-order valence-corrected chi connectivity index (χ3v) is 4.55. The van der Waals surface area contributed by atoms with Gasteiger partial charge in [0.25, 0.3) is 11.6 Å². The number of carbonyl (C=O) groups excluding carboxylic acids is 1. The Morgan fingerprint density at radius 2 is 1.71 bits per heavy atom. The van der Waals surface area contributed by atoms with Gasteiger partial charge in [0.1, 0.15) is 11.3 Å². The highest BCUT2D eigenvalue weighted by atomic mass is 16.6. The molecule has 4 rings (SSSR count). The van der Waals surface area contributed by atoms with Crippen LogP contribution in [0.5, 0.6) is 0 Å². The molecular formula is C23H15N3O5. The van der Waals surface area contributed by atoms with E-state index in [2.05, 4.69) is 10.5 Å². The topological polar surface area (TPSA) is 115 Å². The van der Waals surface area contributed by atoms with Crippen molar-refractivity contribution in [3.05, 3.63) is 110 Å². The predicted octanol–water partition coefficient (Wildman–Crippen LogP) is 4.13. The van der Waals surface area contributed by atoms with Gasteiger partial charge in [0.15, 0.2) is 5.43 Å². The van der Waals surface area contributed by atoms with Gasteiger partial charge in [-0.25, -0.2) is 5.43 Å². The second kappa shape index (κ2) is 8.42. The predicted molar refractivity (Wildman–Crippen MR) is 116 cm³/mol.